The van der Waals surface area contributed by atoms with Crippen molar-refractivity contribution < 1.29 is 8.78 Å². The molecule has 0 saturated heterocycles. The van der Waals surface area contributed by atoms with Gasteiger partial charge in [0, 0.05) is 0 Å². The molecule has 1 N–H and O–H groups in total. The van der Waals surface area contributed by atoms with Crippen LogP contribution < -0.4 is 5.32 Å². The molecule has 0 bridgehead atoms. The first-order valence-corrected chi connectivity index (χ1v) is 4.70. The van der Waals surface area contributed by atoms with Gasteiger partial charge in [-0.25, -0.2) is 8.78 Å². The molecule has 0 radical (unpaired) electrons. The molecule has 1 aromatic rings. The van der Waals surface area contributed by atoms with Crippen molar-refractivity contribution in [2.75, 3.05) is 7.05 Å². The van der Waals surface area contributed by atoms with Gasteiger partial charge in [0.05, 0.1) is 0 Å². The van der Waals surface area contributed by atoms with E-state index in [1.807, 2.05) is 6.07 Å². The zero-order valence-corrected chi connectivity index (χ0v) is 8.43. The topological polar surface area (TPSA) is 12.0 Å². The molecule has 0 aromatic heterocycles. The molecule has 0 saturated carbocycles. The number of nitrogens with one attached hydrogen (secondary N) is 1. The van der Waals surface area contributed by atoms with Crippen molar-refractivity contribution in [2.24, 2.45) is 0 Å². The molecule has 1 aromatic carbocycles. The van der Waals surface area contributed by atoms with Crippen molar-refractivity contribution in [3.05, 3.63) is 35.9 Å². The molecule has 1 nitrogen and oxygen atoms in total. The molecule has 1 unspecified atom stereocenters. The van der Waals surface area contributed by atoms with Crippen molar-refractivity contribution in [1.82, 2.24) is 5.32 Å². The van der Waals surface area contributed by atoms with Gasteiger partial charge in [-0.2, -0.15) is 0 Å². The number of halogens is 2. The largest absolute Gasteiger partial charge is 0.306 e. The minimum absolute atomic E-state index is 0.366. The van der Waals surface area contributed by atoms with Crippen LogP contribution in [0.3, 0.4) is 0 Å². The summed E-state index contributed by atoms with van der Waals surface area (Å²) in [5, 5.41) is 2.73. The van der Waals surface area contributed by atoms with E-state index >= 15 is 0 Å². The maximum Gasteiger partial charge on any atom is 0.260 e. The summed E-state index contributed by atoms with van der Waals surface area (Å²) in [6.45, 7) is 1.76. The summed E-state index contributed by atoms with van der Waals surface area (Å²) in [6, 6.07) is 8.84. The molecule has 0 aliphatic rings. The highest BCUT2D eigenvalue weighted by molar-refractivity contribution is 5.25. The lowest BCUT2D eigenvalue weighted by atomic mass is 9.88. The molecule has 0 aliphatic heterocycles. The van der Waals surface area contributed by atoms with Crippen molar-refractivity contribution in [2.45, 2.75) is 25.3 Å². The molecular weight excluding hydrogens is 184 g/mol. The summed E-state index contributed by atoms with van der Waals surface area (Å²) in [6.07, 6.45) is -2.04. The fourth-order valence-electron chi connectivity index (χ4n) is 1.65. The summed E-state index contributed by atoms with van der Waals surface area (Å²) in [5.41, 5.74) is -0.568. The third-order valence-electron chi connectivity index (χ3n) is 2.67. The van der Waals surface area contributed by atoms with Crippen LogP contribution in [0.15, 0.2) is 30.3 Å². The Morgan fingerprint density at radius 1 is 1.29 bits per heavy atom. The van der Waals surface area contributed by atoms with Gasteiger partial charge >= 0.3 is 0 Å². The molecule has 0 heterocycles. The summed E-state index contributed by atoms with van der Waals surface area (Å²) in [4.78, 5) is 0. The van der Waals surface area contributed by atoms with Gasteiger partial charge in [0.2, 0.25) is 0 Å². The van der Waals surface area contributed by atoms with E-state index < -0.39 is 12.0 Å². The van der Waals surface area contributed by atoms with E-state index in [1.54, 1.807) is 38.2 Å². The fourth-order valence-corrected chi connectivity index (χ4v) is 1.65. The lowest BCUT2D eigenvalue weighted by Gasteiger charge is -2.32. The Hall–Kier alpha value is -0.960. The molecule has 14 heavy (non-hydrogen) atoms. The average molecular weight is 199 g/mol. The van der Waals surface area contributed by atoms with E-state index in [9.17, 15) is 8.78 Å². The maximum absolute atomic E-state index is 13.0. The molecule has 0 amide bonds. The Balaban J connectivity index is 3.11. The smallest absolute Gasteiger partial charge is 0.260 e. The van der Waals surface area contributed by atoms with E-state index in [1.165, 1.54) is 0 Å². The maximum atomic E-state index is 13.0. The molecule has 0 fully saturated rings. The molecule has 1 rings (SSSR count). The quantitative estimate of drug-likeness (QED) is 0.786. The standard InChI is InChI=1S/C11H15F2N/c1-3-11(14-2,10(12)13)9-7-5-4-6-8-9/h4-8,10,14H,3H2,1-2H3. The first-order valence-electron chi connectivity index (χ1n) is 4.70. The highest BCUT2D eigenvalue weighted by atomic mass is 19.3. The Kier molecular flexibility index (Phi) is 3.58. The average Bonchev–Trinajstić information content (AvgIpc) is 2.22. The fraction of sp³-hybridized carbons (Fsp3) is 0.455. The van der Waals surface area contributed by atoms with Crippen molar-refractivity contribution in [3.63, 3.8) is 0 Å². The van der Waals surface area contributed by atoms with Crippen LogP contribution in [0.25, 0.3) is 0 Å². The number of hydrogen-bond donors (Lipinski definition) is 1. The van der Waals surface area contributed by atoms with Gasteiger partial charge in [-0.05, 0) is 19.0 Å². The van der Waals surface area contributed by atoms with Crippen LogP contribution in [0.5, 0.6) is 0 Å². The van der Waals surface area contributed by atoms with Crippen molar-refractivity contribution in [3.8, 4) is 0 Å². The normalized spacial score (nSPS) is 15.5. The second-order valence-electron chi connectivity index (χ2n) is 3.24. The van der Waals surface area contributed by atoms with Crippen molar-refractivity contribution >= 4 is 0 Å². The van der Waals surface area contributed by atoms with Gasteiger partial charge < -0.3 is 5.32 Å². The lowest BCUT2D eigenvalue weighted by Crippen LogP contribution is -2.45. The number of benzene rings is 1. The molecule has 78 valence electrons. The Morgan fingerprint density at radius 2 is 1.86 bits per heavy atom. The molecule has 3 heteroatoms. The zero-order chi connectivity index (χ0) is 10.6. The highest BCUT2D eigenvalue weighted by Crippen LogP contribution is 2.31. The second-order valence-corrected chi connectivity index (χ2v) is 3.24. The molecule has 1 atom stereocenters. The Labute approximate surface area is 83.1 Å². The molecular formula is C11H15F2N. The Bertz CT molecular complexity index is 268. The van der Waals surface area contributed by atoms with Crippen LogP contribution in [-0.4, -0.2) is 13.5 Å². The van der Waals surface area contributed by atoms with E-state index in [0.717, 1.165) is 0 Å². The Morgan fingerprint density at radius 3 is 2.21 bits per heavy atom. The second kappa shape index (κ2) is 4.51. The molecule has 0 spiro atoms. The van der Waals surface area contributed by atoms with Gasteiger partial charge in [0.1, 0.15) is 5.54 Å². The zero-order valence-electron chi connectivity index (χ0n) is 8.43. The van der Waals surface area contributed by atoms with Gasteiger partial charge in [0.15, 0.2) is 0 Å². The van der Waals surface area contributed by atoms with Crippen LogP contribution in [0.1, 0.15) is 18.9 Å². The third kappa shape index (κ3) is 1.77. The summed E-state index contributed by atoms with van der Waals surface area (Å²) >= 11 is 0. The summed E-state index contributed by atoms with van der Waals surface area (Å²) in [5.74, 6) is 0. The summed E-state index contributed by atoms with van der Waals surface area (Å²) in [7, 11) is 1.57. The molecule has 0 aliphatic carbocycles. The first kappa shape index (κ1) is 11.1. The predicted octanol–water partition coefficient (Wildman–Crippen LogP) is 2.78. The van der Waals surface area contributed by atoms with Crippen LogP contribution in [0, 0.1) is 0 Å². The first-order chi connectivity index (χ1) is 6.67. The third-order valence-corrected chi connectivity index (χ3v) is 2.67. The SMILES string of the molecule is CCC(NC)(c1ccccc1)C(F)F. The van der Waals surface area contributed by atoms with Gasteiger partial charge in [-0.3, -0.25) is 0 Å². The number of alkyl halides is 2. The van der Waals surface area contributed by atoms with Crippen LogP contribution in [0.4, 0.5) is 8.78 Å². The predicted molar refractivity (Wildman–Crippen MR) is 53.5 cm³/mol. The van der Waals surface area contributed by atoms with Crippen LogP contribution in [0.2, 0.25) is 0 Å². The minimum Gasteiger partial charge on any atom is -0.306 e. The van der Waals surface area contributed by atoms with E-state index in [4.69, 9.17) is 0 Å². The lowest BCUT2D eigenvalue weighted by molar-refractivity contribution is 0.0292. The van der Waals surface area contributed by atoms with Crippen molar-refractivity contribution in [1.29, 1.82) is 0 Å². The summed E-state index contributed by atoms with van der Waals surface area (Å²) < 4.78 is 26.0. The van der Waals surface area contributed by atoms with E-state index in [-0.39, 0.29) is 0 Å². The number of rotatable bonds is 4. The monoisotopic (exact) mass is 199 g/mol. The van der Waals surface area contributed by atoms with Gasteiger partial charge in [-0.15, -0.1) is 0 Å². The van der Waals surface area contributed by atoms with Gasteiger partial charge in [0.25, 0.3) is 6.43 Å². The van der Waals surface area contributed by atoms with Gasteiger partial charge in [-0.1, -0.05) is 37.3 Å². The van der Waals surface area contributed by atoms with Crippen LogP contribution in [-0.2, 0) is 5.54 Å². The van der Waals surface area contributed by atoms with E-state index in [0.29, 0.717) is 12.0 Å². The number of hydrogen-bond acceptors (Lipinski definition) is 1. The van der Waals surface area contributed by atoms with E-state index in [2.05, 4.69) is 5.32 Å². The van der Waals surface area contributed by atoms with Crippen LogP contribution >= 0.6 is 0 Å². The highest BCUT2D eigenvalue weighted by Gasteiger charge is 2.38. The minimum atomic E-state index is -2.40.